The maximum absolute atomic E-state index is 13.2. The molecule has 1 aliphatic carbocycles. The van der Waals surface area contributed by atoms with Crippen molar-refractivity contribution in [2.24, 2.45) is 5.73 Å². The number of hydrogen-bond acceptors (Lipinski definition) is 4. The number of halogens is 4. The molecular weight excluding hydrogens is 474 g/mol. The lowest BCUT2D eigenvalue weighted by molar-refractivity contribution is -0.137. The van der Waals surface area contributed by atoms with E-state index < -0.39 is 38.6 Å². The SMILES string of the molecule is NC(=O)c1cc(-c2ccc(F)cc2)nn1C1CCC(S(=O)(=O)c2cccc(C(F)(F)F)c2)CC1. The number of hydrogen-bond donors (Lipinski definition) is 1. The average molecular weight is 495 g/mol. The standard InChI is InChI=1S/C23H21F4N3O3S/c24-16-6-4-14(5-7-16)20-13-21(22(28)31)30(29-20)17-8-10-18(11-9-17)34(32,33)19-3-1-2-15(12-19)23(25,26)27/h1-7,12-13,17-18H,8-11H2,(H2,28,31). The van der Waals surface area contributed by atoms with Gasteiger partial charge in [0.25, 0.3) is 5.91 Å². The summed E-state index contributed by atoms with van der Waals surface area (Å²) in [5.74, 6) is -1.13. The Kier molecular flexibility index (Phi) is 6.24. The quantitative estimate of drug-likeness (QED) is 0.516. The molecule has 180 valence electrons. The summed E-state index contributed by atoms with van der Waals surface area (Å²) in [5, 5.41) is 3.61. The first kappa shape index (κ1) is 23.9. The maximum atomic E-state index is 13.2. The molecule has 0 saturated heterocycles. The Balaban J connectivity index is 1.55. The lowest BCUT2D eigenvalue weighted by Gasteiger charge is -2.29. The second-order valence-corrected chi connectivity index (χ2v) is 10.5. The highest BCUT2D eigenvalue weighted by atomic mass is 32.2. The van der Waals surface area contributed by atoms with Crippen LogP contribution in [0, 0.1) is 5.82 Å². The fraction of sp³-hybridized carbons (Fsp3) is 0.304. The first-order valence-corrected chi connectivity index (χ1v) is 12.1. The third-order valence-electron chi connectivity index (χ3n) is 6.05. The first-order valence-electron chi connectivity index (χ1n) is 10.5. The van der Waals surface area contributed by atoms with E-state index in [0.29, 0.717) is 30.2 Å². The zero-order valence-corrected chi connectivity index (χ0v) is 18.6. The van der Waals surface area contributed by atoms with Gasteiger partial charge in [-0.15, -0.1) is 0 Å². The Bertz CT molecular complexity index is 1310. The van der Waals surface area contributed by atoms with E-state index in [9.17, 15) is 30.8 Å². The molecule has 4 rings (SSSR count). The number of amides is 1. The van der Waals surface area contributed by atoms with Crippen molar-refractivity contribution in [1.29, 1.82) is 0 Å². The molecule has 0 radical (unpaired) electrons. The van der Waals surface area contributed by atoms with Gasteiger partial charge in [-0.25, -0.2) is 12.8 Å². The highest BCUT2D eigenvalue weighted by Gasteiger charge is 2.36. The van der Waals surface area contributed by atoms with Gasteiger partial charge in [0.2, 0.25) is 0 Å². The van der Waals surface area contributed by atoms with Crippen molar-refractivity contribution < 1.29 is 30.8 Å². The molecule has 0 bridgehead atoms. The minimum Gasteiger partial charge on any atom is -0.364 e. The number of nitrogens with two attached hydrogens (primary N) is 1. The molecule has 2 aromatic carbocycles. The third-order valence-corrected chi connectivity index (χ3v) is 8.31. The number of rotatable bonds is 5. The van der Waals surface area contributed by atoms with Crippen molar-refractivity contribution in [3.63, 3.8) is 0 Å². The zero-order chi connectivity index (χ0) is 24.7. The third kappa shape index (κ3) is 4.70. The van der Waals surface area contributed by atoms with E-state index in [-0.39, 0.29) is 29.5 Å². The van der Waals surface area contributed by atoms with Crippen LogP contribution in [0.4, 0.5) is 17.6 Å². The van der Waals surface area contributed by atoms with E-state index in [1.807, 2.05) is 0 Å². The number of carbonyl (C=O) groups excluding carboxylic acids is 1. The summed E-state index contributed by atoms with van der Waals surface area (Å²) >= 11 is 0. The molecule has 1 amide bonds. The van der Waals surface area contributed by atoms with E-state index in [0.717, 1.165) is 12.1 Å². The number of sulfone groups is 1. The van der Waals surface area contributed by atoms with Gasteiger partial charge >= 0.3 is 6.18 Å². The van der Waals surface area contributed by atoms with Crippen molar-refractivity contribution in [2.75, 3.05) is 0 Å². The Morgan fingerprint density at radius 2 is 1.65 bits per heavy atom. The van der Waals surface area contributed by atoms with Crippen LogP contribution in [0.15, 0.2) is 59.5 Å². The number of alkyl halides is 3. The first-order chi connectivity index (χ1) is 16.0. The molecule has 0 aliphatic heterocycles. The summed E-state index contributed by atoms with van der Waals surface area (Å²) in [6.07, 6.45) is -3.58. The summed E-state index contributed by atoms with van der Waals surface area (Å²) in [5.41, 5.74) is 5.65. The van der Waals surface area contributed by atoms with Crippen molar-refractivity contribution in [3.05, 3.63) is 71.7 Å². The number of primary amides is 1. The van der Waals surface area contributed by atoms with Gasteiger partial charge in [-0.3, -0.25) is 9.48 Å². The van der Waals surface area contributed by atoms with Gasteiger partial charge in [-0.05, 0) is 74.2 Å². The van der Waals surface area contributed by atoms with Crippen LogP contribution in [0.1, 0.15) is 47.8 Å². The summed E-state index contributed by atoms with van der Waals surface area (Å²) in [6.45, 7) is 0. The Hall–Kier alpha value is -3.21. The smallest absolute Gasteiger partial charge is 0.364 e. The Labute approximate surface area is 193 Å². The fourth-order valence-corrected chi connectivity index (χ4v) is 6.10. The van der Waals surface area contributed by atoms with Crippen molar-refractivity contribution >= 4 is 15.7 Å². The van der Waals surface area contributed by atoms with Gasteiger partial charge in [0.1, 0.15) is 11.5 Å². The van der Waals surface area contributed by atoms with Crippen LogP contribution >= 0.6 is 0 Å². The lowest BCUT2D eigenvalue weighted by Crippen LogP contribution is -2.30. The van der Waals surface area contributed by atoms with E-state index in [2.05, 4.69) is 5.10 Å². The van der Waals surface area contributed by atoms with Gasteiger partial charge in [0, 0.05) is 5.56 Å². The topological polar surface area (TPSA) is 95.1 Å². The number of nitrogens with zero attached hydrogens (tertiary/aromatic N) is 2. The molecule has 0 atom stereocenters. The lowest BCUT2D eigenvalue weighted by atomic mass is 9.95. The number of benzene rings is 2. The number of carbonyl (C=O) groups is 1. The van der Waals surface area contributed by atoms with Crippen LogP contribution in [0.25, 0.3) is 11.3 Å². The number of aromatic nitrogens is 2. The van der Waals surface area contributed by atoms with Crippen LogP contribution in [0.2, 0.25) is 0 Å². The zero-order valence-electron chi connectivity index (χ0n) is 17.8. The van der Waals surface area contributed by atoms with Crippen LogP contribution in [0.3, 0.4) is 0 Å². The summed E-state index contributed by atoms with van der Waals surface area (Å²) < 4.78 is 79.8. The van der Waals surface area contributed by atoms with E-state index in [1.165, 1.54) is 41.1 Å². The molecule has 34 heavy (non-hydrogen) atoms. The van der Waals surface area contributed by atoms with Crippen LogP contribution in [-0.2, 0) is 16.0 Å². The fourth-order valence-electron chi connectivity index (χ4n) is 4.26. The van der Waals surface area contributed by atoms with Gasteiger partial charge in [-0.2, -0.15) is 18.3 Å². The molecule has 2 N–H and O–H groups in total. The summed E-state index contributed by atoms with van der Waals surface area (Å²) in [6, 6.07) is 10.5. The van der Waals surface area contributed by atoms with Crippen LogP contribution in [0.5, 0.6) is 0 Å². The molecule has 1 heterocycles. The second kappa shape index (κ2) is 8.86. The molecular formula is C23H21F4N3O3S. The van der Waals surface area contributed by atoms with Gasteiger partial charge in [-0.1, -0.05) is 6.07 Å². The maximum Gasteiger partial charge on any atom is 0.416 e. The summed E-state index contributed by atoms with van der Waals surface area (Å²) in [7, 11) is -3.98. The molecule has 1 aromatic heterocycles. The molecule has 1 fully saturated rings. The van der Waals surface area contributed by atoms with E-state index in [4.69, 9.17) is 5.73 Å². The van der Waals surface area contributed by atoms with Crippen LogP contribution in [-0.4, -0.2) is 29.4 Å². The highest BCUT2D eigenvalue weighted by Crippen LogP contribution is 2.37. The molecule has 0 spiro atoms. The predicted octanol–water partition coefficient (Wildman–Crippen LogP) is 4.76. The monoisotopic (exact) mass is 495 g/mol. The molecule has 0 unspecified atom stereocenters. The molecule has 11 heteroatoms. The van der Waals surface area contributed by atoms with Gasteiger partial charge in [0.15, 0.2) is 9.84 Å². The minimum absolute atomic E-state index is 0.142. The van der Waals surface area contributed by atoms with Gasteiger partial charge in [0.05, 0.1) is 27.4 Å². The van der Waals surface area contributed by atoms with Crippen LogP contribution < -0.4 is 5.73 Å². The van der Waals surface area contributed by atoms with Crippen molar-refractivity contribution in [3.8, 4) is 11.3 Å². The normalized spacial score (nSPS) is 19.2. The molecule has 3 aromatic rings. The highest BCUT2D eigenvalue weighted by molar-refractivity contribution is 7.92. The predicted molar refractivity (Wildman–Crippen MR) is 116 cm³/mol. The Morgan fingerprint density at radius 1 is 1.00 bits per heavy atom. The van der Waals surface area contributed by atoms with Gasteiger partial charge < -0.3 is 5.73 Å². The Morgan fingerprint density at radius 3 is 2.24 bits per heavy atom. The van der Waals surface area contributed by atoms with Crippen molar-refractivity contribution in [1.82, 2.24) is 9.78 Å². The average Bonchev–Trinajstić information content (AvgIpc) is 3.25. The largest absolute Gasteiger partial charge is 0.416 e. The van der Waals surface area contributed by atoms with E-state index in [1.54, 1.807) is 0 Å². The van der Waals surface area contributed by atoms with Crippen molar-refractivity contribution in [2.45, 2.75) is 48.0 Å². The molecule has 1 aliphatic rings. The molecule has 1 saturated carbocycles. The second-order valence-electron chi connectivity index (χ2n) is 8.23. The molecule has 6 nitrogen and oxygen atoms in total. The van der Waals surface area contributed by atoms with E-state index >= 15 is 0 Å². The summed E-state index contributed by atoms with van der Waals surface area (Å²) in [4.78, 5) is 11.6. The minimum atomic E-state index is -4.64.